The van der Waals surface area contributed by atoms with E-state index in [9.17, 15) is 0 Å². The van der Waals surface area contributed by atoms with E-state index < -0.39 is 16.6 Å². The third-order valence-electron chi connectivity index (χ3n) is 7.08. The van der Waals surface area contributed by atoms with Crippen LogP contribution >= 0.6 is 0 Å². The zero-order chi connectivity index (χ0) is 20.3. The molecule has 0 aromatic heterocycles. The normalized spacial score (nSPS) is 21.2. The molecule has 0 amide bonds. The fourth-order valence-corrected chi connectivity index (χ4v) is 11.4. The van der Waals surface area contributed by atoms with Gasteiger partial charge in [0.1, 0.15) is 0 Å². The molecule has 1 fully saturated rings. The van der Waals surface area contributed by atoms with Crippen LogP contribution in [-0.2, 0) is 8.85 Å². The van der Waals surface area contributed by atoms with Gasteiger partial charge in [-0.25, -0.2) is 0 Å². The molecule has 0 aromatic carbocycles. The molecule has 1 unspecified atom stereocenters. The van der Waals surface area contributed by atoms with Gasteiger partial charge in [-0.15, -0.1) is 0 Å². The monoisotopic (exact) mass is 401 g/mol. The first kappa shape index (κ1) is 24.4. The van der Waals surface area contributed by atoms with Crippen molar-refractivity contribution in [2.45, 2.75) is 110 Å². The minimum Gasteiger partial charge on any atom is -0.413 e. The van der Waals surface area contributed by atoms with Crippen LogP contribution in [0.3, 0.4) is 0 Å². The summed E-state index contributed by atoms with van der Waals surface area (Å²) in [6, 6.07) is 0. The SMILES string of the molecule is CC(C)[Si](OC[C@@H](O[Si](C)(C)C(C)(C)C)C1CCNC1)(C(C)C)C(C)C. The molecule has 0 radical (unpaired) electrons. The Morgan fingerprint density at radius 3 is 1.81 bits per heavy atom. The second-order valence-electron chi connectivity index (χ2n) is 10.8. The Morgan fingerprint density at radius 1 is 0.962 bits per heavy atom. The Morgan fingerprint density at radius 2 is 1.46 bits per heavy atom. The molecule has 0 saturated carbocycles. The molecule has 3 nitrogen and oxygen atoms in total. The maximum Gasteiger partial charge on any atom is 0.200 e. The van der Waals surface area contributed by atoms with Crippen LogP contribution in [0.15, 0.2) is 0 Å². The van der Waals surface area contributed by atoms with Gasteiger partial charge in [0.05, 0.1) is 12.7 Å². The summed E-state index contributed by atoms with van der Waals surface area (Å²) in [7, 11) is -3.65. The lowest BCUT2D eigenvalue weighted by Crippen LogP contribution is -2.52. The predicted molar refractivity (Wildman–Crippen MR) is 120 cm³/mol. The molecule has 26 heavy (non-hydrogen) atoms. The van der Waals surface area contributed by atoms with E-state index in [4.69, 9.17) is 8.85 Å². The van der Waals surface area contributed by atoms with Crippen molar-refractivity contribution in [2.75, 3.05) is 19.7 Å². The fraction of sp³-hybridized carbons (Fsp3) is 1.00. The van der Waals surface area contributed by atoms with Gasteiger partial charge in [0.15, 0.2) is 16.6 Å². The molecule has 156 valence electrons. The zero-order valence-corrected chi connectivity index (χ0v) is 21.5. The van der Waals surface area contributed by atoms with Crippen molar-refractivity contribution in [2.24, 2.45) is 5.92 Å². The van der Waals surface area contributed by atoms with Crippen LogP contribution in [0.1, 0.15) is 68.7 Å². The summed E-state index contributed by atoms with van der Waals surface area (Å²) in [5, 5.41) is 3.77. The standard InChI is InChI=1S/C21H47NO2Si2/c1-16(2)26(17(3)4,18(5)6)23-15-20(19-12-13-22-14-19)24-25(10,11)21(7,8)9/h16-20,22H,12-15H2,1-11H3/t19?,20-/m1/s1. The summed E-state index contributed by atoms with van der Waals surface area (Å²) in [6.07, 6.45) is 1.44. The molecule has 1 aliphatic rings. The molecule has 5 heteroatoms. The quantitative estimate of drug-likeness (QED) is 0.468. The lowest BCUT2D eigenvalue weighted by atomic mass is 10.0. The van der Waals surface area contributed by atoms with E-state index in [0.29, 0.717) is 22.5 Å². The van der Waals surface area contributed by atoms with E-state index in [0.717, 1.165) is 19.7 Å². The van der Waals surface area contributed by atoms with Gasteiger partial charge in [0, 0.05) is 6.54 Å². The van der Waals surface area contributed by atoms with Crippen molar-refractivity contribution in [1.82, 2.24) is 5.32 Å². The average Bonchev–Trinajstić information content (AvgIpc) is 2.98. The lowest BCUT2D eigenvalue weighted by Gasteiger charge is -2.45. The summed E-state index contributed by atoms with van der Waals surface area (Å²) < 4.78 is 13.9. The smallest absolute Gasteiger partial charge is 0.200 e. The van der Waals surface area contributed by atoms with E-state index in [1.165, 1.54) is 6.42 Å². The molecular weight excluding hydrogens is 354 g/mol. The topological polar surface area (TPSA) is 30.5 Å². The van der Waals surface area contributed by atoms with Crippen molar-refractivity contribution in [3.05, 3.63) is 0 Å². The number of nitrogens with one attached hydrogen (secondary N) is 1. The van der Waals surface area contributed by atoms with Crippen molar-refractivity contribution < 1.29 is 8.85 Å². The molecule has 0 bridgehead atoms. The van der Waals surface area contributed by atoms with Gasteiger partial charge in [0.25, 0.3) is 0 Å². The largest absolute Gasteiger partial charge is 0.413 e. The zero-order valence-electron chi connectivity index (χ0n) is 19.5. The second-order valence-corrected chi connectivity index (χ2v) is 21.0. The van der Waals surface area contributed by atoms with Crippen LogP contribution < -0.4 is 5.32 Å². The van der Waals surface area contributed by atoms with Crippen molar-refractivity contribution in [3.8, 4) is 0 Å². The average molecular weight is 402 g/mol. The Balaban J connectivity index is 3.02. The Labute approximate surface area is 166 Å². The third kappa shape index (κ3) is 5.43. The highest BCUT2D eigenvalue weighted by atomic mass is 28.4. The summed E-state index contributed by atoms with van der Waals surface area (Å²) in [5.41, 5.74) is 1.87. The minimum atomic E-state index is -1.85. The molecule has 1 saturated heterocycles. The first-order chi connectivity index (χ1) is 11.8. The Hall–Kier alpha value is 0.314. The van der Waals surface area contributed by atoms with Crippen LogP contribution in [0.25, 0.3) is 0 Å². The van der Waals surface area contributed by atoms with Gasteiger partial charge >= 0.3 is 0 Å². The molecule has 1 heterocycles. The third-order valence-corrected chi connectivity index (χ3v) is 17.7. The van der Waals surface area contributed by atoms with Crippen molar-refractivity contribution in [1.29, 1.82) is 0 Å². The predicted octanol–water partition coefficient (Wildman–Crippen LogP) is 6.18. The first-order valence-electron chi connectivity index (χ1n) is 10.8. The maximum absolute atomic E-state index is 6.96. The van der Waals surface area contributed by atoms with E-state index in [1.54, 1.807) is 0 Å². The maximum atomic E-state index is 6.96. The van der Waals surface area contributed by atoms with Crippen molar-refractivity contribution in [3.63, 3.8) is 0 Å². The first-order valence-corrected chi connectivity index (χ1v) is 15.8. The summed E-state index contributed by atoms with van der Waals surface area (Å²) in [6.45, 7) is 28.9. The highest BCUT2D eigenvalue weighted by Gasteiger charge is 2.47. The van der Waals surface area contributed by atoms with Gasteiger partial charge < -0.3 is 14.2 Å². The summed E-state index contributed by atoms with van der Waals surface area (Å²) >= 11 is 0. The van der Waals surface area contributed by atoms with Gasteiger partial charge in [0.2, 0.25) is 0 Å². The summed E-state index contributed by atoms with van der Waals surface area (Å²) in [5.74, 6) is 0.585. The van der Waals surface area contributed by atoms with Crippen molar-refractivity contribution >= 4 is 16.6 Å². The van der Waals surface area contributed by atoms with Crippen LogP contribution in [0.2, 0.25) is 34.8 Å². The second kappa shape index (κ2) is 9.21. The minimum absolute atomic E-state index is 0.231. The Bertz CT molecular complexity index is 402. The van der Waals surface area contributed by atoms with Gasteiger partial charge in [-0.3, -0.25) is 0 Å². The lowest BCUT2D eigenvalue weighted by molar-refractivity contribution is 0.0651. The van der Waals surface area contributed by atoms with Crippen LogP contribution in [0.4, 0.5) is 0 Å². The fourth-order valence-electron chi connectivity index (χ4n) is 4.54. The van der Waals surface area contributed by atoms with Gasteiger partial charge in [-0.2, -0.15) is 0 Å². The molecule has 0 aliphatic carbocycles. The van der Waals surface area contributed by atoms with E-state index in [-0.39, 0.29) is 11.1 Å². The summed E-state index contributed by atoms with van der Waals surface area (Å²) in [4.78, 5) is 0. The van der Waals surface area contributed by atoms with Crippen LogP contribution in [0.5, 0.6) is 0 Å². The van der Waals surface area contributed by atoms with Crippen LogP contribution in [-0.4, -0.2) is 42.4 Å². The van der Waals surface area contributed by atoms with E-state index in [2.05, 4.69) is 80.7 Å². The van der Waals surface area contributed by atoms with Crippen LogP contribution in [0, 0.1) is 5.92 Å². The molecule has 1 aliphatic heterocycles. The highest BCUT2D eigenvalue weighted by Crippen LogP contribution is 2.43. The van der Waals surface area contributed by atoms with Gasteiger partial charge in [-0.05, 0) is 53.6 Å². The molecule has 1 N–H and O–H groups in total. The van der Waals surface area contributed by atoms with E-state index >= 15 is 0 Å². The molecule has 2 atom stereocenters. The number of hydrogen-bond donors (Lipinski definition) is 1. The highest BCUT2D eigenvalue weighted by molar-refractivity contribution is 6.77. The Kier molecular flexibility index (Phi) is 8.62. The van der Waals surface area contributed by atoms with E-state index in [1.807, 2.05) is 0 Å². The number of rotatable bonds is 9. The molecule has 1 rings (SSSR count). The molecular formula is C21H47NO2Si2. The molecule has 0 spiro atoms. The number of hydrogen-bond acceptors (Lipinski definition) is 3. The molecule has 0 aromatic rings. The van der Waals surface area contributed by atoms with Gasteiger partial charge in [-0.1, -0.05) is 62.3 Å².